The smallest absolute Gasteiger partial charge is 0.273 e. The molecule has 0 amide bonds. The number of ether oxygens (including phenoxy) is 1. The summed E-state index contributed by atoms with van der Waals surface area (Å²) < 4.78 is 5.85. The van der Waals surface area contributed by atoms with Gasteiger partial charge >= 0.3 is 0 Å². The standard InChI is InChI=1S/C15H20BrNO3/c16-11-15(8-3-1-2-4-9-15)12-20-14-7-5-6-13(10-14)17(18)19/h5-7,10H,1-4,8-9,11-12H2. The Balaban J connectivity index is 2.02. The lowest BCUT2D eigenvalue weighted by molar-refractivity contribution is -0.384. The molecular weight excluding hydrogens is 322 g/mol. The second-order valence-corrected chi connectivity index (χ2v) is 6.15. The topological polar surface area (TPSA) is 52.4 Å². The normalized spacial score (nSPS) is 18.2. The number of halogens is 1. The van der Waals surface area contributed by atoms with E-state index in [4.69, 9.17) is 4.74 Å². The van der Waals surface area contributed by atoms with E-state index in [1.54, 1.807) is 12.1 Å². The zero-order valence-electron chi connectivity index (χ0n) is 11.5. The lowest BCUT2D eigenvalue weighted by Crippen LogP contribution is -2.29. The summed E-state index contributed by atoms with van der Waals surface area (Å²) in [5.74, 6) is 0.587. The van der Waals surface area contributed by atoms with E-state index in [1.807, 2.05) is 0 Å². The van der Waals surface area contributed by atoms with Crippen LogP contribution in [0.3, 0.4) is 0 Å². The molecule has 0 bridgehead atoms. The molecule has 0 saturated heterocycles. The fraction of sp³-hybridized carbons (Fsp3) is 0.600. The predicted octanol–water partition coefficient (Wildman–Crippen LogP) is 4.71. The molecule has 1 saturated carbocycles. The number of alkyl halides is 1. The molecule has 0 unspecified atom stereocenters. The minimum absolute atomic E-state index is 0.0799. The average molecular weight is 342 g/mol. The van der Waals surface area contributed by atoms with Crippen molar-refractivity contribution in [3.05, 3.63) is 34.4 Å². The van der Waals surface area contributed by atoms with Crippen LogP contribution < -0.4 is 4.74 Å². The monoisotopic (exact) mass is 341 g/mol. The highest BCUT2D eigenvalue weighted by Crippen LogP contribution is 2.37. The first-order valence-electron chi connectivity index (χ1n) is 7.08. The third-order valence-electron chi connectivity index (χ3n) is 4.02. The number of nitrogens with zero attached hydrogens (tertiary/aromatic N) is 1. The molecule has 1 aromatic carbocycles. The second-order valence-electron chi connectivity index (χ2n) is 5.59. The highest BCUT2D eigenvalue weighted by Gasteiger charge is 2.30. The summed E-state index contributed by atoms with van der Waals surface area (Å²) in [7, 11) is 0. The van der Waals surface area contributed by atoms with Gasteiger partial charge in [-0.2, -0.15) is 0 Å². The fourth-order valence-corrected chi connectivity index (χ4v) is 3.44. The molecule has 5 heteroatoms. The van der Waals surface area contributed by atoms with Crippen molar-refractivity contribution >= 4 is 21.6 Å². The Morgan fingerprint density at radius 3 is 2.55 bits per heavy atom. The van der Waals surface area contributed by atoms with Crippen LogP contribution >= 0.6 is 15.9 Å². The summed E-state index contributed by atoms with van der Waals surface area (Å²) in [5.41, 5.74) is 0.248. The maximum atomic E-state index is 10.8. The highest BCUT2D eigenvalue weighted by molar-refractivity contribution is 9.09. The van der Waals surface area contributed by atoms with Crippen LogP contribution in [0.4, 0.5) is 5.69 Å². The van der Waals surface area contributed by atoms with E-state index in [2.05, 4.69) is 15.9 Å². The minimum Gasteiger partial charge on any atom is -0.493 e. The van der Waals surface area contributed by atoms with Gasteiger partial charge in [0.2, 0.25) is 0 Å². The van der Waals surface area contributed by atoms with Crippen molar-refractivity contribution in [3.8, 4) is 5.75 Å². The number of nitro benzene ring substituents is 1. The van der Waals surface area contributed by atoms with E-state index in [1.165, 1.54) is 37.8 Å². The molecule has 1 fully saturated rings. The van der Waals surface area contributed by atoms with Gasteiger partial charge in [-0.15, -0.1) is 0 Å². The molecule has 110 valence electrons. The third kappa shape index (κ3) is 3.95. The van der Waals surface area contributed by atoms with E-state index >= 15 is 0 Å². The molecule has 1 aromatic rings. The van der Waals surface area contributed by atoms with Crippen molar-refractivity contribution in [2.24, 2.45) is 5.41 Å². The Kier molecular flexibility index (Phi) is 5.40. The summed E-state index contributed by atoms with van der Waals surface area (Å²) >= 11 is 3.63. The molecule has 1 aliphatic rings. The van der Waals surface area contributed by atoms with Gasteiger partial charge in [-0.3, -0.25) is 10.1 Å². The van der Waals surface area contributed by atoms with Gasteiger partial charge in [0, 0.05) is 16.8 Å². The lowest BCUT2D eigenvalue weighted by atomic mass is 9.83. The number of hydrogen-bond acceptors (Lipinski definition) is 3. The van der Waals surface area contributed by atoms with Gasteiger partial charge in [0.25, 0.3) is 5.69 Å². The Morgan fingerprint density at radius 1 is 1.25 bits per heavy atom. The maximum absolute atomic E-state index is 10.8. The Hall–Kier alpha value is -1.10. The molecule has 0 spiro atoms. The van der Waals surface area contributed by atoms with E-state index in [0.29, 0.717) is 12.4 Å². The molecular formula is C15H20BrNO3. The van der Waals surface area contributed by atoms with Crippen LogP contribution in [0.25, 0.3) is 0 Å². The third-order valence-corrected chi connectivity index (χ3v) is 5.21. The van der Waals surface area contributed by atoms with Crippen molar-refractivity contribution in [3.63, 3.8) is 0 Å². The molecule has 1 aliphatic carbocycles. The van der Waals surface area contributed by atoms with Gasteiger partial charge in [-0.05, 0) is 18.9 Å². The van der Waals surface area contributed by atoms with Gasteiger partial charge in [-0.1, -0.05) is 47.7 Å². The molecule has 0 atom stereocenters. The Labute approximate surface area is 127 Å². The zero-order valence-corrected chi connectivity index (χ0v) is 13.1. The number of nitro groups is 1. The van der Waals surface area contributed by atoms with Crippen LogP contribution in [-0.4, -0.2) is 16.9 Å². The van der Waals surface area contributed by atoms with Crippen LogP contribution in [0.5, 0.6) is 5.75 Å². The largest absolute Gasteiger partial charge is 0.493 e. The van der Waals surface area contributed by atoms with Crippen LogP contribution in [-0.2, 0) is 0 Å². The van der Waals surface area contributed by atoms with Gasteiger partial charge < -0.3 is 4.74 Å². The van der Waals surface area contributed by atoms with Gasteiger partial charge in [-0.25, -0.2) is 0 Å². The molecule has 20 heavy (non-hydrogen) atoms. The van der Waals surface area contributed by atoms with Crippen molar-refractivity contribution in [1.29, 1.82) is 0 Å². The van der Waals surface area contributed by atoms with Crippen molar-refractivity contribution in [2.45, 2.75) is 38.5 Å². The molecule has 0 aliphatic heterocycles. The minimum atomic E-state index is -0.390. The molecule has 2 rings (SSSR count). The summed E-state index contributed by atoms with van der Waals surface area (Å²) in [6.45, 7) is 0.624. The summed E-state index contributed by atoms with van der Waals surface area (Å²) in [4.78, 5) is 10.4. The van der Waals surface area contributed by atoms with Crippen LogP contribution in [0, 0.1) is 15.5 Å². The number of hydrogen-bond donors (Lipinski definition) is 0. The number of benzene rings is 1. The Morgan fingerprint density at radius 2 is 1.95 bits per heavy atom. The second kappa shape index (κ2) is 7.07. The quantitative estimate of drug-likeness (QED) is 0.337. The van der Waals surface area contributed by atoms with Crippen LogP contribution in [0.2, 0.25) is 0 Å². The first-order valence-corrected chi connectivity index (χ1v) is 8.21. The van der Waals surface area contributed by atoms with Gasteiger partial charge in [0.15, 0.2) is 0 Å². The van der Waals surface area contributed by atoms with Crippen LogP contribution in [0.1, 0.15) is 38.5 Å². The average Bonchev–Trinajstić information content (AvgIpc) is 2.72. The van der Waals surface area contributed by atoms with Crippen LogP contribution in [0.15, 0.2) is 24.3 Å². The van der Waals surface area contributed by atoms with E-state index in [0.717, 1.165) is 18.2 Å². The zero-order chi connectivity index (χ0) is 14.4. The lowest BCUT2D eigenvalue weighted by Gasteiger charge is -2.30. The van der Waals surface area contributed by atoms with Crippen molar-refractivity contribution in [2.75, 3.05) is 11.9 Å². The molecule has 0 radical (unpaired) electrons. The molecule has 0 heterocycles. The van der Waals surface area contributed by atoms with Gasteiger partial charge in [0.05, 0.1) is 17.6 Å². The molecule has 0 N–H and O–H groups in total. The highest BCUT2D eigenvalue weighted by atomic mass is 79.9. The maximum Gasteiger partial charge on any atom is 0.273 e. The molecule has 0 aromatic heterocycles. The van der Waals surface area contributed by atoms with Crippen molar-refractivity contribution < 1.29 is 9.66 Å². The SMILES string of the molecule is O=[N+]([O-])c1cccc(OCC2(CBr)CCCCCC2)c1. The van der Waals surface area contributed by atoms with Crippen molar-refractivity contribution in [1.82, 2.24) is 0 Å². The summed E-state index contributed by atoms with van der Waals surface area (Å²) in [5, 5.41) is 11.7. The summed E-state index contributed by atoms with van der Waals surface area (Å²) in [6, 6.07) is 6.43. The van der Waals surface area contributed by atoms with E-state index in [9.17, 15) is 10.1 Å². The van der Waals surface area contributed by atoms with E-state index in [-0.39, 0.29) is 11.1 Å². The predicted molar refractivity (Wildman–Crippen MR) is 82.5 cm³/mol. The first-order chi connectivity index (χ1) is 9.65. The van der Waals surface area contributed by atoms with Gasteiger partial charge in [0.1, 0.15) is 5.75 Å². The summed E-state index contributed by atoms with van der Waals surface area (Å²) in [6.07, 6.45) is 7.39. The van der Waals surface area contributed by atoms with E-state index < -0.39 is 4.92 Å². The Bertz CT molecular complexity index is 456. The fourth-order valence-electron chi connectivity index (χ4n) is 2.72. The number of non-ortho nitro benzene ring substituents is 1. The molecule has 4 nitrogen and oxygen atoms in total. The first kappa shape index (κ1) is 15.3. The number of rotatable bonds is 5.